The van der Waals surface area contributed by atoms with Gasteiger partial charge in [-0.1, -0.05) is 37.3 Å². The van der Waals surface area contributed by atoms with Gasteiger partial charge >= 0.3 is 0 Å². The molecule has 0 aromatic heterocycles. The lowest BCUT2D eigenvalue weighted by atomic mass is 9.69. The topological polar surface area (TPSA) is 17.1 Å². The van der Waals surface area contributed by atoms with Crippen molar-refractivity contribution in [2.24, 2.45) is 5.41 Å². The van der Waals surface area contributed by atoms with Crippen LogP contribution in [0.15, 0.2) is 36.9 Å². The van der Waals surface area contributed by atoms with Gasteiger partial charge in [-0.3, -0.25) is 0 Å². The molecule has 1 nitrogen and oxygen atoms in total. The highest BCUT2D eigenvalue weighted by molar-refractivity contribution is 5.82. The summed E-state index contributed by atoms with van der Waals surface area (Å²) >= 11 is 0. The number of hydrogen-bond donors (Lipinski definition) is 0. The molecule has 1 aliphatic carbocycles. The van der Waals surface area contributed by atoms with Crippen LogP contribution in [0.5, 0.6) is 0 Å². The largest absolute Gasteiger partial charge is 0.303 e. The van der Waals surface area contributed by atoms with E-state index >= 15 is 0 Å². The Bertz CT molecular complexity index is 527. The van der Waals surface area contributed by atoms with Crippen LogP contribution in [0.25, 0.3) is 5.57 Å². The molecule has 0 saturated carbocycles. The highest BCUT2D eigenvalue weighted by atomic mass is 16.1. The van der Waals surface area contributed by atoms with Crippen LogP contribution in [0.1, 0.15) is 49.3 Å². The van der Waals surface area contributed by atoms with Crippen LogP contribution in [0.3, 0.4) is 0 Å². The second-order valence-corrected chi connectivity index (χ2v) is 5.48. The van der Waals surface area contributed by atoms with E-state index in [-0.39, 0.29) is 5.41 Å². The molecule has 100 valence electrons. The fourth-order valence-corrected chi connectivity index (χ4v) is 3.77. The van der Waals surface area contributed by atoms with E-state index in [1.54, 1.807) is 0 Å². The summed E-state index contributed by atoms with van der Waals surface area (Å²) in [6.45, 7) is 10.4. The van der Waals surface area contributed by atoms with Crippen molar-refractivity contribution in [2.45, 2.75) is 39.5 Å². The highest BCUT2D eigenvalue weighted by Crippen LogP contribution is 2.59. The maximum atomic E-state index is 11.2. The number of aryl methyl sites for hydroxylation is 1. The second-order valence-electron chi connectivity index (χ2n) is 5.48. The van der Waals surface area contributed by atoms with Crippen LogP contribution in [-0.4, -0.2) is 6.29 Å². The smallest absolute Gasteiger partial charge is 0.120 e. The zero-order valence-corrected chi connectivity index (χ0v) is 12.1. The summed E-state index contributed by atoms with van der Waals surface area (Å²) in [5.41, 5.74) is 5.25. The molecule has 1 aliphatic rings. The molecular formula is C18H22O. The molecule has 0 radical (unpaired) electrons. The van der Waals surface area contributed by atoms with Crippen LogP contribution in [-0.2, 0) is 4.79 Å². The van der Waals surface area contributed by atoms with Gasteiger partial charge in [0.2, 0.25) is 0 Å². The summed E-state index contributed by atoms with van der Waals surface area (Å²) < 4.78 is 0. The Kier molecular flexibility index (Phi) is 3.75. The summed E-state index contributed by atoms with van der Waals surface area (Å²) in [4.78, 5) is 11.2. The first-order valence-electron chi connectivity index (χ1n) is 6.93. The summed E-state index contributed by atoms with van der Waals surface area (Å²) in [5.74, 6) is 0.359. The summed E-state index contributed by atoms with van der Waals surface area (Å²) in [6, 6.07) is 6.45. The fourth-order valence-electron chi connectivity index (χ4n) is 3.77. The van der Waals surface area contributed by atoms with Gasteiger partial charge in [-0.15, -0.1) is 6.58 Å². The number of carbonyl (C=O) groups is 1. The fraction of sp³-hybridized carbons (Fsp3) is 0.389. The van der Waals surface area contributed by atoms with Crippen LogP contribution in [0, 0.1) is 12.3 Å². The quantitative estimate of drug-likeness (QED) is 0.564. The Morgan fingerprint density at radius 3 is 2.68 bits per heavy atom. The molecule has 0 bridgehead atoms. The lowest BCUT2D eigenvalue weighted by Gasteiger charge is -2.33. The number of benzene rings is 1. The van der Waals surface area contributed by atoms with Gasteiger partial charge in [-0.2, -0.15) is 0 Å². The maximum Gasteiger partial charge on any atom is 0.120 e. The van der Waals surface area contributed by atoms with E-state index in [2.05, 4.69) is 51.6 Å². The van der Waals surface area contributed by atoms with Gasteiger partial charge in [0.15, 0.2) is 0 Å². The minimum absolute atomic E-state index is 0.104. The van der Waals surface area contributed by atoms with E-state index in [0.29, 0.717) is 12.3 Å². The van der Waals surface area contributed by atoms with Gasteiger partial charge in [0, 0.05) is 11.8 Å². The van der Waals surface area contributed by atoms with E-state index in [1.165, 1.54) is 22.3 Å². The molecule has 2 atom stereocenters. The molecule has 0 saturated heterocycles. The van der Waals surface area contributed by atoms with E-state index in [9.17, 15) is 4.79 Å². The molecule has 1 heteroatoms. The van der Waals surface area contributed by atoms with E-state index < -0.39 is 0 Å². The summed E-state index contributed by atoms with van der Waals surface area (Å²) in [6.07, 6.45) is 6.60. The molecule has 1 aromatic rings. The molecule has 19 heavy (non-hydrogen) atoms. The van der Waals surface area contributed by atoms with Crippen molar-refractivity contribution in [1.82, 2.24) is 0 Å². The molecule has 2 unspecified atom stereocenters. The minimum atomic E-state index is -0.104. The number of fused-ring (bicyclic) bond motifs is 1. The van der Waals surface area contributed by atoms with Gasteiger partial charge in [0.25, 0.3) is 0 Å². The first-order valence-corrected chi connectivity index (χ1v) is 6.93. The van der Waals surface area contributed by atoms with Crippen molar-refractivity contribution in [2.75, 3.05) is 0 Å². The van der Waals surface area contributed by atoms with Gasteiger partial charge in [0.05, 0.1) is 0 Å². The third kappa shape index (κ3) is 1.88. The summed E-state index contributed by atoms with van der Waals surface area (Å²) in [5, 5.41) is 0. The monoisotopic (exact) mass is 254 g/mol. The van der Waals surface area contributed by atoms with Crippen LogP contribution < -0.4 is 0 Å². The van der Waals surface area contributed by atoms with Crippen molar-refractivity contribution in [1.29, 1.82) is 0 Å². The SMILES string of the molecule is C=CCC1(CC=O)/C(=C\C)c2cccc(C)c2C1C. The highest BCUT2D eigenvalue weighted by Gasteiger charge is 2.46. The lowest BCUT2D eigenvalue weighted by Crippen LogP contribution is -2.24. The average Bonchev–Trinajstić information content (AvgIpc) is 2.61. The van der Waals surface area contributed by atoms with Crippen molar-refractivity contribution in [3.63, 3.8) is 0 Å². The first-order chi connectivity index (χ1) is 9.12. The Morgan fingerprint density at radius 2 is 2.11 bits per heavy atom. The van der Waals surface area contributed by atoms with Gasteiger partial charge < -0.3 is 4.79 Å². The molecule has 1 aromatic carbocycles. The molecule has 0 amide bonds. The zero-order valence-electron chi connectivity index (χ0n) is 12.1. The zero-order chi connectivity index (χ0) is 14.0. The Balaban J connectivity index is 2.69. The number of carbonyl (C=O) groups excluding carboxylic acids is 1. The van der Waals surface area contributed by atoms with E-state index in [4.69, 9.17) is 0 Å². The van der Waals surface area contributed by atoms with E-state index in [1.807, 2.05) is 6.08 Å². The lowest BCUT2D eigenvalue weighted by molar-refractivity contribution is -0.109. The number of rotatable bonds is 4. The Morgan fingerprint density at radius 1 is 1.37 bits per heavy atom. The van der Waals surface area contributed by atoms with E-state index in [0.717, 1.165) is 12.7 Å². The Hall–Kier alpha value is -1.63. The van der Waals surface area contributed by atoms with Gasteiger partial charge in [0.1, 0.15) is 6.29 Å². The minimum Gasteiger partial charge on any atom is -0.303 e. The third-order valence-electron chi connectivity index (χ3n) is 4.66. The maximum absolute atomic E-state index is 11.2. The first kappa shape index (κ1) is 13.8. The van der Waals surface area contributed by atoms with Crippen molar-refractivity contribution in [3.05, 3.63) is 53.6 Å². The second kappa shape index (κ2) is 5.16. The molecule has 0 heterocycles. The van der Waals surface area contributed by atoms with Gasteiger partial charge in [-0.25, -0.2) is 0 Å². The van der Waals surface area contributed by atoms with Crippen LogP contribution in [0.2, 0.25) is 0 Å². The molecular weight excluding hydrogens is 232 g/mol. The summed E-state index contributed by atoms with van der Waals surface area (Å²) in [7, 11) is 0. The normalized spacial score (nSPS) is 27.3. The van der Waals surface area contributed by atoms with Crippen LogP contribution >= 0.6 is 0 Å². The van der Waals surface area contributed by atoms with Gasteiger partial charge in [-0.05, 0) is 48.4 Å². The van der Waals surface area contributed by atoms with Crippen LogP contribution in [0.4, 0.5) is 0 Å². The van der Waals surface area contributed by atoms with Crippen molar-refractivity contribution >= 4 is 11.9 Å². The number of aldehydes is 1. The molecule has 0 spiro atoms. The number of allylic oxidation sites excluding steroid dienone is 3. The predicted octanol–water partition coefficient (Wildman–Crippen LogP) is 4.67. The number of hydrogen-bond acceptors (Lipinski definition) is 1. The molecule has 0 N–H and O–H groups in total. The third-order valence-corrected chi connectivity index (χ3v) is 4.66. The Labute approximate surface area is 116 Å². The molecule has 0 aliphatic heterocycles. The standard InChI is InChI=1S/C18H22O/c1-5-10-18(11-12-19)14(4)17-13(3)8-7-9-15(17)16(18)6-2/h5-9,12,14H,1,10-11H2,2-4H3/b16-6-. The molecule has 0 fully saturated rings. The predicted molar refractivity (Wildman–Crippen MR) is 81.2 cm³/mol. The van der Waals surface area contributed by atoms with Crippen molar-refractivity contribution < 1.29 is 4.79 Å². The average molecular weight is 254 g/mol. The van der Waals surface area contributed by atoms with Crippen molar-refractivity contribution in [3.8, 4) is 0 Å². The molecule has 2 rings (SSSR count).